The van der Waals surface area contributed by atoms with Crippen LogP contribution in [0.2, 0.25) is 0 Å². The summed E-state index contributed by atoms with van der Waals surface area (Å²) < 4.78 is 5.55. The highest BCUT2D eigenvalue weighted by Gasteiger charge is 2.28. The van der Waals surface area contributed by atoms with E-state index < -0.39 is 0 Å². The molecule has 2 unspecified atom stereocenters. The van der Waals surface area contributed by atoms with Gasteiger partial charge in [-0.2, -0.15) is 0 Å². The minimum atomic E-state index is 0. The van der Waals surface area contributed by atoms with Gasteiger partial charge in [-0.05, 0) is 37.6 Å². The number of hydrogen-bond acceptors (Lipinski definition) is 5. The van der Waals surface area contributed by atoms with E-state index >= 15 is 0 Å². The van der Waals surface area contributed by atoms with Crippen molar-refractivity contribution in [1.82, 2.24) is 15.6 Å². The first kappa shape index (κ1) is 22.0. The van der Waals surface area contributed by atoms with Crippen molar-refractivity contribution in [2.45, 2.75) is 26.5 Å². The Morgan fingerprint density at radius 2 is 2.20 bits per heavy atom. The number of nitrogens with zero attached hydrogens (tertiary/aromatic N) is 2. The van der Waals surface area contributed by atoms with E-state index in [-0.39, 0.29) is 42.7 Å². The molecule has 0 spiro atoms. The quantitative estimate of drug-likeness (QED) is 0.799. The van der Waals surface area contributed by atoms with Gasteiger partial charge in [-0.15, -0.1) is 24.8 Å². The Labute approximate surface area is 161 Å². The number of hydrogen-bond donors (Lipinski definition) is 2. The van der Waals surface area contributed by atoms with Gasteiger partial charge in [0.25, 0.3) is 0 Å². The second-order valence-electron chi connectivity index (χ2n) is 6.58. The first-order chi connectivity index (χ1) is 11.1. The van der Waals surface area contributed by atoms with Crippen LogP contribution < -0.4 is 15.5 Å². The van der Waals surface area contributed by atoms with Crippen molar-refractivity contribution < 1.29 is 9.53 Å². The lowest BCUT2D eigenvalue weighted by Gasteiger charge is -2.32. The number of ether oxygens (including phenoxy) is 1. The third kappa shape index (κ3) is 5.71. The molecule has 3 rings (SSSR count). The largest absolute Gasteiger partial charge is 0.375 e. The van der Waals surface area contributed by atoms with Crippen molar-refractivity contribution in [3.8, 4) is 0 Å². The van der Waals surface area contributed by atoms with Crippen LogP contribution in [0.5, 0.6) is 0 Å². The van der Waals surface area contributed by atoms with Crippen LogP contribution in [-0.2, 0) is 16.1 Å². The molecule has 0 saturated carbocycles. The second-order valence-corrected chi connectivity index (χ2v) is 6.58. The molecule has 0 radical (unpaired) electrons. The molecule has 2 atom stereocenters. The van der Waals surface area contributed by atoms with E-state index in [4.69, 9.17) is 4.74 Å². The standard InChI is InChI=1S/C17H26N4O2.2ClH/c1-12-11-21(5-6-23-12)16-4-3-14(7-19-16)8-20-17(22)13(2)15-9-18-10-15;;/h3-4,7,12-13,15,18H,5-6,8-11H2,1-2H3,(H,20,22);2*1H. The monoisotopic (exact) mass is 390 g/mol. The molecule has 6 nitrogen and oxygen atoms in total. The number of pyridine rings is 1. The van der Waals surface area contributed by atoms with Gasteiger partial charge in [0, 0.05) is 31.7 Å². The van der Waals surface area contributed by atoms with Gasteiger partial charge >= 0.3 is 0 Å². The molecule has 1 aromatic heterocycles. The van der Waals surface area contributed by atoms with Crippen molar-refractivity contribution >= 4 is 36.5 Å². The third-order valence-corrected chi connectivity index (χ3v) is 4.77. The molecule has 3 heterocycles. The van der Waals surface area contributed by atoms with Crippen LogP contribution in [0.1, 0.15) is 19.4 Å². The summed E-state index contributed by atoms with van der Waals surface area (Å²) in [5.41, 5.74) is 1.03. The van der Waals surface area contributed by atoms with Crippen LogP contribution in [-0.4, -0.2) is 49.8 Å². The Morgan fingerprint density at radius 1 is 1.44 bits per heavy atom. The van der Waals surface area contributed by atoms with Crippen molar-refractivity contribution in [1.29, 1.82) is 0 Å². The van der Waals surface area contributed by atoms with E-state index in [1.165, 1.54) is 0 Å². The van der Waals surface area contributed by atoms with Crippen LogP contribution in [0.3, 0.4) is 0 Å². The van der Waals surface area contributed by atoms with Crippen molar-refractivity contribution in [2.75, 3.05) is 37.7 Å². The van der Waals surface area contributed by atoms with Crippen LogP contribution in [0.25, 0.3) is 0 Å². The Hall–Kier alpha value is -1.08. The first-order valence-corrected chi connectivity index (χ1v) is 8.43. The highest BCUT2D eigenvalue weighted by molar-refractivity contribution is 5.85. The van der Waals surface area contributed by atoms with Crippen LogP contribution in [0, 0.1) is 11.8 Å². The number of rotatable bonds is 5. The maximum absolute atomic E-state index is 12.1. The van der Waals surface area contributed by atoms with Crippen molar-refractivity contribution in [3.63, 3.8) is 0 Å². The highest BCUT2D eigenvalue weighted by Crippen LogP contribution is 2.17. The molecule has 0 aromatic carbocycles. The summed E-state index contributed by atoms with van der Waals surface area (Å²) >= 11 is 0. The molecule has 0 bridgehead atoms. The molecule has 142 valence electrons. The molecule has 1 amide bonds. The number of halogens is 2. The van der Waals surface area contributed by atoms with Crippen LogP contribution in [0.15, 0.2) is 18.3 Å². The Bertz CT molecular complexity index is 540. The maximum atomic E-state index is 12.1. The summed E-state index contributed by atoms with van der Waals surface area (Å²) in [6, 6.07) is 4.07. The third-order valence-electron chi connectivity index (χ3n) is 4.77. The SMILES string of the molecule is CC1CN(c2ccc(CNC(=O)C(C)C3CNC3)cn2)CCO1.Cl.Cl. The van der Waals surface area contributed by atoms with Crippen LogP contribution >= 0.6 is 24.8 Å². The molecule has 2 fully saturated rings. The average Bonchev–Trinajstić information content (AvgIpc) is 2.51. The van der Waals surface area contributed by atoms with Crippen LogP contribution in [0.4, 0.5) is 5.82 Å². The number of anilines is 1. The number of aromatic nitrogens is 1. The number of nitrogens with one attached hydrogen (secondary N) is 2. The lowest BCUT2D eigenvalue weighted by molar-refractivity contribution is -0.126. The molecule has 2 aliphatic heterocycles. The van der Waals surface area contributed by atoms with Crippen molar-refractivity contribution in [2.24, 2.45) is 11.8 Å². The van der Waals surface area contributed by atoms with Gasteiger partial charge in [-0.1, -0.05) is 13.0 Å². The first-order valence-electron chi connectivity index (χ1n) is 8.43. The van der Waals surface area contributed by atoms with Gasteiger partial charge in [0.1, 0.15) is 5.82 Å². The fourth-order valence-corrected chi connectivity index (χ4v) is 2.96. The lowest BCUT2D eigenvalue weighted by Crippen LogP contribution is -2.49. The predicted octanol–water partition coefficient (Wildman–Crippen LogP) is 1.62. The van der Waals surface area contributed by atoms with E-state index in [1.54, 1.807) is 0 Å². The van der Waals surface area contributed by atoms with E-state index in [0.29, 0.717) is 12.5 Å². The second kappa shape index (κ2) is 10.2. The summed E-state index contributed by atoms with van der Waals surface area (Å²) in [6.07, 6.45) is 2.10. The zero-order valence-corrected chi connectivity index (χ0v) is 16.4. The molecular weight excluding hydrogens is 363 g/mol. The topological polar surface area (TPSA) is 66.5 Å². The fourth-order valence-electron chi connectivity index (χ4n) is 2.96. The lowest BCUT2D eigenvalue weighted by atomic mass is 9.88. The normalized spacial score (nSPS) is 21.4. The molecule has 25 heavy (non-hydrogen) atoms. The Kier molecular flexibility index (Phi) is 8.93. The maximum Gasteiger partial charge on any atom is 0.223 e. The smallest absolute Gasteiger partial charge is 0.223 e. The Balaban J connectivity index is 0.00000156. The molecular formula is C17H28Cl2N4O2. The highest BCUT2D eigenvalue weighted by atomic mass is 35.5. The summed E-state index contributed by atoms with van der Waals surface area (Å²) in [4.78, 5) is 18.9. The van der Waals surface area contributed by atoms with Crippen molar-refractivity contribution in [3.05, 3.63) is 23.9 Å². The average molecular weight is 391 g/mol. The molecule has 2 aliphatic rings. The molecule has 0 aliphatic carbocycles. The van der Waals surface area contributed by atoms with Gasteiger partial charge < -0.3 is 20.3 Å². The van der Waals surface area contributed by atoms with Gasteiger partial charge in [0.05, 0.1) is 12.7 Å². The minimum Gasteiger partial charge on any atom is -0.375 e. The summed E-state index contributed by atoms with van der Waals surface area (Å²) in [5.74, 6) is 1.64. The van der Waals surface area contributed by atoms with E-state index in [1.807, 2.05) is 25.3 Å². The molecule has 1 aromatic rings. The summed E-state index contributed by atoms with van der Waals surface area (Å²) in [7, 11) is 0. The van der Waals surface area contributed by atoms with E-state index in [9.17, 15) is 4.79 Å². The van der Waals surface area contributed by atoms with E-state index in [0.717, 1.165) is 44.2 Å². The molecule has 2 saturated heterocycles. The van der Waals surface area contributed by atoms with Gasteiger partial charge in [-0.3, -0.25) is 4.79 Å². The fraction of sp³-hybridized carbons (Fsp3) is 0.647. The number of morpholine rings is 1. The summed E-state index contributed by atoms with van der Waals surface area (Å²) in [5, 5.41) is 6.22. The number of amides is 1. The summed E-state index contributed by atoms with van der Waals surface area (Å²) in [6.45, 7) is 9.00. The number of carbonyl (C=O) groups is 1. The molecule has 8 heteroatoms. The van der Waals surface area contributed by atoms with Gasteiger partial charge in [-0.25, -0.2) is 4.98 Å². The zero-order valence-electron chi connectivity index (χ0n) is 14.7. The van der Waals surface area contributed by atoms with Gasteiger partial charge in [0.15, 0.2) is 0 Å². The predicted molar refractivity (Wildman–Crippen MR) is 104 cm³/mol. The molecule has 2 N–H and O–H groups in total. The van der Waals surface area contributed by atoms with Gasteiger partial charge in [0.2, 0.25) is 5.91 Å². The zero-order chi connectivity index (χ0) is 16.2. The Morgan fingerprint density at radius 3 is 2.76 bits per heavy atom. The number of carbonyl (C=O) groups excluding carboxylic acids is 1. The van der Waals surface area contributed by atoms with E-state index in [2.05, 4.69) is 27.4 Å². The minimum absolute atomic E-state index is 0.